The van der Waals surface area contributed by atoms with Gasteiger partial charge in [-0.15, -0.1) is 0 Å². The number of nitrogens with two attached hydrogens (primary N) is 1. The number of halogens is 1. The third-order valence-corrected chi connectivity index (χ3v) is 5.68. The van der Waals surface area contributed by atoms with Crippen molar-refractivity contribution in [2.75, 3.05) is 0 Å². The highest BCUT2D eigenvalue weighted by Crippen LogP contribution is 2.45. The standard InChI is InChI=1S/C21H21ClN2O3/c22-15-10-5-4-9-14(15)21-12-6-11-16(19(21)26)27-20(24-21)17(23)18(25)13-7-2-1-3-8-13/h1-5,7-10,16-18,25H,6,11-12,23H2/t16-,17?,18?,21-/m1/s1. The second-order valence-electron chi connectivity index (χ2n) is 7.03. The van der Waals surface area contributed by atoms with E-state index in [9.17, 15) is 9.90 Å². The van der Waals surface area contributed by atoms with Gasteiger partial charge in [0.2, 0.25) is 11.7 Å². The zero-order valence-corrected chi connectivity index (χ0v) is 15.5. The molecule has 1 saturated carbocycles. The minimum absolute atomic E-state index is 0.0907. The van der Waals surface area contributed by atoms with Gasteiger partial charge < -0.3 is 15.6 Å². The van der Waals surface area contributed by atoms with Crippen LogP contribution in [0, 0.1) is 0 Å². The molecule has 6 heteroatoms. The molecule has 4 atom stereocenters. The number of benzene rings is 2. The molecule has 3 N–H and O–H groups in total. The maximum atomic E-state index is 13.1. The summed E-state index contributed by atoms with van der Waals surface area (Å²) < 4.78 is 5.83. The summed E-state index contributed by atoms with van der Waals surface area (Å²) in [5, 5.41) is 11.2. The SMILES string of the molecule is NC(C1=N[C@@]2(c3ccccc3Cl)CCC[C@@H](O1)C2=O)C(O)c1ccccc1. The van der Waals surface area contributed by atoms with Gasteiger partial charge in [0, 0.05) is 10.6 Å². The average Bonchev–Trinajstić information content (AvgIpc) is 2.68. The molecule has 1 aliphatic heterocycles. The number of nitrogens with zero attached hydrogens (tertiary/aromatic N) is 1. The van der Waals surface area contributed by atoms with Crippen molar-refractivity contribution < 1.29 is 14.6 Å². The maximum Gasteiger partial charge on any atom is 0.205 e. The molecule has 0 spiro atoms. The summed E-state index contributed by atoms with van der Waals surface area (Å²) in [4.78, 5) is 17.8. The largest absolute Gasteiger partial charge is 0.468 e. The highest BCUT2D eigenvalue weighted by Gasteiger charge is 2.52. The molecule has 27 heavy (non-hydrogen) atoms. The molecular formula is C21H21ClN2O3. The number of ketones is 1. The predicted octanol–water partition coefficient (Wildman–Crippen LogP) is 3.15. The molecule has 2 unspecified atom stereocenters. The first-order valence-electron chi connectivity index (χ1n) is 9.07. The number of carbonyl (C=O) groups is 1. The smallest absolute Gasteiger partial charge is 0.205 e. The molecule has 0 aromatic heterocycles. The second kappa shape index (κ2) is 7.08. The van der Waals surface area contributed by atoms with Crippen LogP contribution in [-0.2, 0) is 15.1 Å². The van der Waals surface area contributed by atoms with Gasteiger partial charge in [-0.1, -0.05) is 60.1 Å². The van der Waals surface area contributed by atoms with E-state index in [1.165, 1.54) is 0 Å². The third kappa shape index (κ3) is 3.06. The summed E-state index contributed by atoms with van der Waals surface area (Å²) in [5.74, 6) is 0.113. The van der Waals surface area contributed by atoms with Gasteiger partial charge in [0.1, 0.15) is 12.1 Å². The Balaban J connectivity index is 1.77. The summed E-state index contributed by atoms with van der Waals surface area (Å²) in [6, 6.07) is 15.5. The number of Topliss-reactive ketones (excluding diaryl/α,β-unsaturated/α-hetero) is 1. The number of fused-ring (bicyclic) bond motifs is 2. The fourth-order valence-corrected chi connectivity index (χ4v) is 4.21. The molecule has 2 bridgehead atoms. The number of ether oxygens (including phenoxy) is 1. The van der Waals surface area contributed by atoms with Crippen LogP contribution in [0.3, 0.4) is 0 Å². The number of aliphatic imine (C=N–C) groups is 1. The summed E-state index contributed by atoms with van der Waals surface area (Å²) in [6.45, 7) is 0. The van der Waals surface area contributed by atoms with E-state index in [0.717, 1.165) is 6.42 Å². The maximum absolute atomic E-state index is 13.1. The van der Waals surface area contributed by atoms with E-state index in [1.54, 1.807) is 18.2 Å². The van der Waals surface area contributed by atoms with Crippen molar-refractivity contribution in [2.45, 2.75) is 43.1 Å². The third-order valence-electron chi connectivity index (χ3n) is 5.35. The van der Waals surface area contributed by atoms with Crippen molar-refractivity contribution >= 4 is 23.3 Å². The Morgan fingerprint density at radius 3 is 2.63 bits per heavy atom. The van der Waals surface area contributed by atoms with Gasteiger partial charge in [-0.3, -0.25) is 4.79 Å². The van der Waals surface area contributed by atoms with Crippen molar-refractivity contribution in [3.05, 3.63) is 70.7 Å². The molecule has 2 aromatic carbocycles. The van der Waals surface area contributed by atoms with Crippen molar-refractivity contribution in [1.82, 2.24) is 0 Å². The monoisotopic (exact) mass is 384 g/mol. The molecule has 5 nitrogen and oxygen atoms in total. The fraction of sp³-hybridized carbons (Fsp3) is 0.333. The van der Waals surface area contributed by atoms with E-state index < -0.39 is 23.8 Å². The second-order valence-corrected chi connectivity index (χ2v) is 7.44. The average molecular weight is 385 g/mol. The summed E-state index contributed by atoms with van der Waals surface area (Å²) in [6.07, 6.45) is 0.360. The van der Waals surface area contributed by atoms with Crippen LogP contribution >= 0.6 is 11.6 Å². The number of aliphatic hydroxyl groups is 1. The first-order chi connectivity index (χ1) is 13.0. The number of hydrogen-bond donors (Lipinski definition) is 2. The van der Waals surface area contributed by atoms with Gasteiger partial charge in [-0.2, -0.15) is 0 Å². The van der Waals surface area contributed by atoms with Gasteiger partial charge >= 0.3 is 0 Å². The molecule has 1 aliphatic carbocycles. The summed E-state index contributed by atoms with van der Waals surface area (Å²) >= 11 is 6.41. The molecule has 140 valence electrons. The lowest BCUT2D eigenvalue weighted by Crippen LogP contribution is -2.54. The van der Waals surface area contributed by atoms with Crippen molar-refractivity contribution in [3.8, 4) is 0 Å². The normalized spacial score (nSPS) is 26.7. The van der Waals surface area contributed by atoms with E-state index in [-0.39, 0.29) is 11.7 Å². The van der Waals surface area contributed by atoms with Gasteiger partial charge in [0.25, 0.3) is 0 Å². The van der Waals surface area contributed by atoms with E-state index in [0.29, 0.717) is 29.0 Å². The van der Waals surface area contributed by atoms with Crippen LogP contribution in [0.5, 0.6) is 0 Å². The quantitative estimate of drug-likeness (QED) is 0.848. The summed E-state index contributed by atoms with van der Waals surface area (Å²) in [7, 11) is 0. The van der Waals surface area contributed by atoms with Crippen molar-refractivity contribution in [3.63, 3.8) is 0 Å². The van der Waals surface area contributed by atoms with Gasteiger partial charge in [0.05, 0.1) is 0 Å². The van der Waals surface area contributed by atoms with E-state index in [4.69, 9.17) is 22.1 Å². The molecule has 1 heterocycles. The van der Waals surface area contributed by atoms with Gasteiger partial charge in [-0.05, 0) is 30.9 Å². The lowest BCUT2D eigenvalue weighted by molar-refractivity contribution is -0.137. The van der Waals surface area contributed by atoms with Crippen LogP contribution in [0.2, 0.25) is 5.02 Å². The first-order valence-corrected chi connectivity index (χ1v) is 9.45. The molecular weight excluding hydrogens is 364 g/mol. The molecule has 2 aliphatic rings. The van der Waals surface area contributed by atoms with Crippen LogP contribution < -0.4 is 5.73 Å². The van der Waals surface area contributed by atoms with Crippen LogP contribution in [-0.4, -0.2) is 28.9 Å². The Morgan fingerprint density at radius 2 is 1.89 bits per heavy atom. The van der Waals surface area contributed by atoms with Crippen LogP contribution in [0.1, 0.15) is 36.5 Å². The molecule has 0 radical (unpaired) electrons. The lowest BCUT2D eigenvalue weighted by atomic mass is 9.73. The van der Waals surface area contributed by atoms with E-state index >= 15 is 0 Å². The van der Waals surface area contributed by atoms with Crippen LogP contribution in [0.15, 0.2) is 59.6 Å². The number of aliphatic hydroxyl groups excluding tert-OH is 1. The zero-order chi connectivity index (χ0) is 19.0. The molecule has 4 rings (SSSR count). The number of rotatable bonds is 4. The Kier molecular flexibility index (Phi) is 4.76. The topological polar surface area (TPSA) is 84.9 Å². The first kappa shape index (κ1) is 18.2. The Labute approximate surface area is 162 Å². The lowest BCUT2D eigenvalue weighted by Gasteiger charge is -2.42. The van der Waals surface area contributed by atoms with Crippen LogP contribution in [0.25, 0.3) is 0 Å². The summed E-state index contributed by atoms with van der Waals surface area (Å²) in [5.41, 5.74) is 6.54. The predicted molar refractivity (Wildman–Crippen MR) is 104 cm³/mol. The number of carbonyl (C=O) groups excluding carboxylic acids is 1. The molecule has 1 fully saturated rings. The van der Waals surface area contributed by atoms with E-state index in [2.05, 4.69) is 4.99 Å². The fourth-order valence-electron chi connectivity index (χ4n) is 3.92. The Bertz CT molecular complexity index is 886. The van der Waals surface area contributed by atoms with Crippen molar-refractivity contribution in [1.29, 1.82) is 0 Å². The highest BCUT2D eigenvalue weighted by atomic mass is 35.5. The molecule has 2 aromatic rings. The Morgan fingerprint density at radius 1 is 1.19 bits per heavy atom. The zero-order valence-electron chi connectivity index (χ0n) is 14.7. The van der Waals surface area contributed by atoms with Crippen molar-refractivity contribution in [2.24, 2.45) is 10.7 Å². The molecule has 0 saturated heterocycles. The Hall–Kier alpha value is -2.21. The van der Waals surface area contributed by atoms with Crippen LogP contribution in [0.4, 0.5) is 0 Å². The van der Waals surface area contributed by atoms with Gasteiger partial charge in [0.15, 0.2) is 11.6 Å². The van der Waals surface area contributed by atoms with E-state index in [1.807, 2.05) is 36.4 Å². The molecule has 0 amide bonds. The van der Waals surface area contributed by atoms with Gasteiger partial charge in [-0.25, -0.2) is 4.99 Å². The minimum Gasteiger partial charge on any atom is -0.468 e. The highest BCUT2D eigenvalue weighted by molar-refractivity contribution is 6.32. The minimum atomic E-state index is -1.09. The number of hydrogen-bond acceptors (Lipinski definition) is 5.